The van der Waals surface area contributed by atoms with Crippen molar-refractivity contribution in [2.45, 2.75) is 38.3 Å². The Bertz CT molecular complexity index is 472. The number of carbonyl (C=O) groups excluding carboxylic acids is 1. The van der Waals surface area contributed by atoms with Crippen molar-refractivity contribution in [2.75, 3.05) is 13.7 Å². The fraction of sp³-hybridized carbons (Fsp3) is 0.583. The average Bonchev–Trinajstić information content (AvgIpc) is 2.87. The first-order valence-electron chi connectivity index (χ1n) is 6.19. The molecule has 0 saturated heterocycles. The molecular formula is C12H22BrNO4S2. The summed E-state index contributed by atoms with van der Waals surface area (Å²) in [7, 11) is -2.41. The summed E-state index contributed by atoms with van der Waals surface area (Å²) in [4.78, 5) is 10.7. The first-order chi connectivity index (χ1) is 9.37. The number of nitrogens with one attached hydrogen (secondary N) is 1. The highest BCUT2D eigenvalue weighted by atomic mass is 79.9. The van der Waals surface area contributed by atoms with Crippen LogP contribution in [0.5, 0.6) is 0 Å². The fourth-order valence-corrected chi connectivity index (χ4v) is 3.76. The highest BCUT2D eigenvalue weighted by Gasteiger charge is 2.17. The van der Waals surface area contributed by atoms with Gasteiger partial charge in [0, 0.05) is 0 Å². The zero-order chi connectivity index (χ0) is 16.2. The molecule has 0 aliphatic carbocycles. The van der Waals surface area contributed by atoms with Gasteiger partial charge in [-0.25, -0.2) is 8.42 Å². The Morgan fingerprint density at radius 1 is 1.35 bits per heavy atom. The van der Waals surface area contributed by atoms with Gasteiger partial charge in [0.05, 0.1) is 10.9 Å². The summed E-state index contributed by atoms with van der Waals surface area (Å²) in [5, 5.41) is 0. The normalized spacial score (nSPS) is 9.70. The molecule has 0 saturated carbocycles. The monoisotopic (exact) mass is 387 g/mol. The Kier molecular flexibility index (Phi) is 13.5. The predicted molar refractivity (Wildman–Crippen MR) is 86.5 cm³/mol. The van der Waals surface area contributed by atoms with E-state index in [1.807, 2.05) is 13.8 Å². The van der Waals surface area contributed by atoms with Crippen molar-refractivity contribution in [3.63, 3.8) is 0 Å². The van der Waals surface area contributed by atoms with Crippen LogP contribution in [0.25, 0.3) is 0 Å². The molecule has 0 unspecified atom stereocenters. The van der Waals surface area contributed by atoms with Crippen LogP contribution in [0.3, 0.4) is 0 Å². The highest BCUT2D eigenvalue weighted by Crippen LogP contribution is 2.25. The van der Waals surface area contributed by atoms with Gasteiger partial charge in [-0.2, -0.15) is 4.72 Å². The van der Waals surface area contributed by atoms with Crippen molar-refractivity contribution >= 4 is 43.3 Å². The predicted octanol–water partition coefficient (Wildman–Crippen LogP) is 3.40. The molecule has 0 atom stereocenters. The van der Waals surface area contributed by atoms with Crippen LogP contribution < -0.4 is 4.72 Å². The van der Waals surface area contributed by atoms with Crippen molar-refractivity contribution < 1.29 is 17.9 Å². The molecule has 1 heterocycles. The standard InChI is InChI=1S/C7H8BrNO4S2.C3H8.C2H6/c1-13-6(10)4-9-15(11,12)7-3-2-5(8)14-7;1-3-2;1-2/h2-3,9H,4H2,1H3;3H2,1-2H3;1-2H3. The number of carbonyl (C=O) groups is 1. The van der Waals surface area contributed by atoms with Crippen molar-refractivity contribution in [3.05, 3.63) is 15.9 Å². The van der Waals surface area contributed by atoms with Crippen LogP contribution >= 0.6 is 27.3 Å². The lowest BCUT2D eigenvalue weighted by Crippen LogP contribution is -2.29. The number of thiophene rings is 1. The number of hydrogen-bond acceptors (Lipinski definition) is 5. The molecular weight excluding hydrogens is 366 g/mol. The molecule has 0 radical (unpaired) electrons. The smallest absolute Gasteiger partial charge is 0.320 e. The number of methoxy groups -OCH3 is 1. The molecule has 0 bridgehead atoms. The van der Waals surface area contributed by atoms with E-state index in [2.05, 4.69) is 39.2 Å². The van der Waals surface area contributed by atoms with Crippen LogP contribution in [0.15, 0.2) is 20.1 Å². The molecule has 1 aromatic heterocycles. The van der Waals surface area contributed by atoms with Crippen LogP contribution in [0.1, 0.15) is 34.1 Å². The van der Waals surface area contributed by atoms with Crippen LogP contribution in [-0.4, -0.2) is 28.0 Å². The van der Waals surface area contributed by atoms with Gasteiger partial charge >= 0.3 is 5.97 Å². The molecule has 0 spiro atoms. The number of esters is 1. The van der Waals surface area contributed by atoms with Crippen LogP contribution in [0.2, 0.25) is 0 Å². The van der Waals surface area contributed by atoms with Crippen molar-refractivity contribution in [2.24, 2.45) is 0 Å². The molecule has 0 aliphatic rings. The molecule has 118 valence electrons. The third kappa shape index (κ3) is 9.46. The molecule has 1 rings (SSSR count). The third-order valence-electron chi connectivity index (χ3n) is 1.45. The maximum atomic E-state index is 11.5. The van der Waals surface area contributed by atoms with E-state index >= 15 is 0 Å². The number of halogens is 1. The van der Waals surface area contributed by atoms with Gasteiger partial charge in [-0.05, 0) is 28.1 Å². The second kappa shape index (κ2) is 12.3. The van der Waals surface area contributed by atoms with Crippen LogP contribution in [0, 0.1) is 0 Å². The van der Waals surface area contributed by atoms with Gasteiger partial charge in [-0.1, -0.05) is 34.1 Å². The molecule has 1 N–H and O–H groups in total. The minimum atomic E-state index is -3.61. The topological polar surface area (TPSA) is 72.5 Å². The van der Waals surface area contributed by atoms with Crippen molar-refractivity contribution in [1.29, 1.82) is 0 Å². The lowest BCUT2D eigenvalue weighted by atomic mass is 10.6. The molecule has 0 aromatic carbocycles. The molecule has 0 fully saturated rings. The Labute approximate surface area is 133 Å². The van der Waals surface area contributed by atoms with E-state index in [1.165, 1.54) is 19.6 Å². The van der Waals surface area contributed by atoms with E-state index in [9.17, 15) is 13.2 Å². The van der Waals surface area contributed by atoms with E-state index in [0.717, 1.165) is 11.3 Å². The van der Waals surface area contributed by atoms with E-state index < -0.39 is 16.0 Å². The number of hydrogen-bond donors (Lipinski definition) is 1. The first-order valence-corrected chi connectivity index (χ1v) is 9.28. The summed E-state index contributed by atoms with van der Waals surface area (Å²) >= 11 is 4.22. The maximum Gasteiger partial charge on any atom is 0.320 e. The second-order valence-corrected chi connectivity index (χ2v) is 7.62. The molecule has 1 aromatic rings. The lowest BCUT2D eigenvalue weighted by Gasteiger charge is -2.02. The Morgan fingerprint density at radius 3 is 2.20 bits per heavy atom. The van der Waals surface area contributed by atoms with Gasteiger partial charge in [-0.15, -0.1) is 11.3 Å². The Morgan fingerprint density at radius 2 is 1.85 bits per heavy atom. The van der Waals surface area contributed by atoms with Crippen molar-refractivity contribution in [3.8, 4) is 0 Å². The van der Waals surface area contributed by atoms with E-state index in [0.29, 0.717) is 3.79 Å². The third-order valence-corrected chi connectivity index (χ3v) is 4.96. The summed E-state index contributed by atoms with van der Waals surface area (Å²) in [6.07, 6.45) is 1.25. The minimum absolute atomic E-state index is 0.151. The quantitative estimate of drug-likeness (QED) is 0.803. The zero-order valence-electron chi connectivity index (χ0n) is 12.4. The van der Waals surface area contributed by atoms with Gasteiger partial charge in [0.15, 0.2) is 0 Å². The van der Waals surface area contributed by atoms with Crippen molar-refractivity contribution in [1.82, 2.24) is 4.72 Å². The summed E-state index contributed by atoms with van der Waals surface area (Å²) in [6.45, 7) is 7.88. The van der Waals surface area contributed by atoms with E-state index in [4.69, 9.17) is 0 Å². The Hall–Kier alpha value is -0.440. The summed E-state index contributed by atoms with van der Waals surface area (Å²) in [5.41, 5.74) is 0. The summed E-state index contributed by atoms with van der Waals surface area (Å²) in [6, 6.07) is 3.08. The SMILES string of the molecule is CC.CCC.COC(=O)CNS(=O)(=O)c1ccc(Br)s1. The average molecular weight is 388 g/mol. The maximum absolute atomic E-state index is 11.5. The van der Waals surface area contributed by atoms with E-state index in [-0.39, 0.29) is 10.8 Å². The molecule has 20 heavy (non-hydrogen) atoms. The Balaban J connectivity index is 0. The molecule has 0 amide bonds. The summed E-state index contributed by atoms with van der Waals surface area (Å²) in [5.74, 6) is -0.630. The highest BCUT2D eigenvalue weighted by molar-refractivity contribution is 9.11. The second-order valence-electron chi connectivity index (χ2n) is 3.17. The van der Waals surface area contributed by atoms with Crippen LogP contribution in [0.4, 0.5) is 0 Å². The van der Waals surface area contributed by atoms with E-state index in [1.54, 1.807) is 6.07 Å². The molecule has 5 nitrogen and oxygen atoms in total. The van der Waals surface area contributed by atoms with Crippen LogP contribution in [-0.2, 0) is 19.6 Å². The van der Waals surface area contributed by atoms with Gasteiger partial charge in [0.1, 0.15) is 10.8 Å². The lowest BCUT2D eigenvalue weighted by molar-refractivity contribution is -0.139. The fourth-order valence-electron chi connectivity index (χ4n) is 0.739. The minimum Gasteiger partial charge on any atom is -0.468 e. The van der Waals surface area contributed by atoms with Gasteiger partial charge in [-0.3, -0.25) is 4.79 Å². The van der Waals surface area contributed by atoms with Gasteiger partial charge in [0.2, 0.25) is 0 Å². The molecule has 0 aliphatic heterocycles. The van der Waals surface area contributed by atoms with Gasteiger partial charge in [0.25, 0.3) is 10.0 Å². The molecule has 8 heteroatoms. The zero-order valence-corrected chi connectivity index (χ0v) is 15.6. The van der Waals surface area contributed by atoms with Gasteiger partial charge < -0.3 is 4.74 Å². The number of ether oxygens (including phenoxy) is 1. The number of rotatable bonds is 4. The number of sulfonamides is 1. The first kappa shape index (κ1) is 21.9. The largest absolute Gasteiger partial charge is 0.468 e. The summed E-state index contributed by atoms with van der Waals surface area (Å²) < 4.78 is 30.4.